The lowest BCUT2D eigenvalue weighted by molar-refractivity contribution is -0.113. The second-order valence-electron chi connectivity index (χ2n) is 7.80. The first-order chi connectivity index (χ1) is 17.1. The number of thioether (sulfide) groups is 1. The topological polar surface area (TPSA) is 85.6 Å². The molecule has 0 aliphatic carbocycles. The van der Waals surface area contributed by atoms with Crippen molar-refractivity contribution in [2.24, 2.45) is 0 Å². The van der Waals surface area contributed by atoms with Crippen LogP contribution in [0.1, 0.15) is 22.8 Å². The second-order valence-corrected chi connectivity index (χ2v) is 9.62. The average molecular weight is 503 g/mol. The molecule has 35 heavy (non-hydrogen) atoms. The number of esters is 1. The molecule has 0 atom stereocenters. The van der Waals surface area contributed by atoms with Gasteiger partial charge in [0.25, 0.3) is 0 Å². The Hall–Kier alpha value is -3.69. The van der Waals surface area contributed by atoms with E-state index in [4.69, 9.17) is 4.74 Å². The number of carbonyl (C=O) groups excluding carboxylic acids is 2. The van der Waals surface area contributed by atoms with Gasteiger partial charge in [-0.2, -0.15) is 0 Å². The van der Waals surface area contributed by atoms with Gasteiger partial charge in [-0.15, -0.1) is 21.5 Å². The highest BCUT2D eigenvalue weighted by molar-refractivity contribution is 7.99. The largest absolute Gasteiger partial charge is 0.462 e. The van der Waals surface area contributed by atoms with Crippen molar-refractivity contribution in [3.05, 3.63) is 77.2 Å². The van der Waals surface area contributed by atoms with Crippen molar-refractivity contribution < 1.29 is 14.3 Å². The number of para-hydroxylation sites is 1. The number of ether oxygens (including phenoxy) is 1. The summed E-state index contributed by atoms with van der Waals surface area (Å²) in [5.74, 6) is -0.583. The fourth-order valence-corrected chi connectivity index (χ4v) is 5.67. The molecule has 5 aromatic rings. The molecule has 0 radical (unpaired) electrons. The fourth-order valence-electron chi connectivity index (χ4n) is 3.95. The normalized spacial score (nSPS) is 11.1. The first-order valence-corrected chi connectivity index (χ1v) is 12.9. The van der Waals surface area contributed by atoms with Crippen molar-refractivity contribution in [1.29, 1.82) is 0 Å². The Kier molecular flexibility index (Phi) is 6.52. The summed E-state index contributed by atoms with van der Waals surface area (Å²) in [4.78, 5) is 25.7. The minimum absolute atomic E-state index is 0.115. The molecule has 0 spiro atoms. The number of rotatable bonds is 7. The molecule has 1 amide bonds. The summed E-state index contributed by atoms with van der Waals surface area (Å²) in [5.41, 5.74) is 4.84. The van der Waals surface area contributed by atoms with Crippen LogP contribution in [0.25, 0.3) is 27.7 Å². The molecule has 3 heterocycles. The molecule has 0 aliphatic heterocycles. The number of thiophene rings is 1. The second kappa shape index (κ2) is 9.89. The molecule has 0 unspecified atom stereocenters. The van der Waals surface area contributed by atoms with Crippen LogP contribution < -0.4 is 5.32 Å². The van der Waals surface area contributed by atoms with Crippen molar-refractivity contribution in [2.45, 2.75) is 19.0 Å². The molecule has 3 aromatic heterocycles. The van der Waals surface area contributed by atoms with Crippen molar-refractivity contribution in [2.75, 3.05) is 17.7 Å². The Labute approximate surface area is 210 Å². The van der Waals surface area contributed by atoms with E-state index in [1.54, 1.807) is 6.92 Å². The van der Waals surface area contributed by atoms with E-state index in [9.17, 15) is 9.59 Å². The van der Waals surface area contributed by atoms with E-state index in [1.807, 2.05) is 71.3 Å². The summed E-state index contributed by atoms with van der Waals surface area (Å²) in [6, 6.07) is 19.6. The van der Waals surface area contributed by atoms with Crippen molar-refractivity contribution >= 4 is 56.5 Å². The molecule has 7 nitrogen and oxygen atoms in total. The maximum Gasteiger partial charge on any atom is 0.341 e. The molecule has 1 N–H and O–H groups in total. The number of hydrogen-bond acceptors (Lipinski definition) is 7. The third-order valence-electron chi connectivity index (χ3n) is 5.51. The summed E-state index contributed by atoms with van der Waals surface area (Å²) in [6.07, 6.45) is 0. The van der Waals surface area contributed by atoms with Gasteiger partial charge in [0, 0.05) is 16.3 Å². The summed E-state index contributed by atoms with van der Waals surface area (Å²) >= 11 is 2.61. The molecular weight excluding hydrogens is 480 g/mol. The van der Waals surface area contributed by atoms with Crippen molar-refractivity contribution in [3.8, 4) is 11.1 Å². The fraction of sp³-hybridized carbons (Fsp3) is 0.154. The number of nitrogens with one attached hydrogen (secondary N) is 1. The summed E-state index contributed by atoms with van der Waals surface area (Å²) in [7, 11) is 0. The number of aryl methyl sites for hydroxylation is 1. The van der Waals surface area contributed by atoms with Gasteiger partial charge in [0.15, 0.2) is 10.8 Å². The van der Waals surface area contributed by atoms with E-state index in [0.717, 1.165) is 33.2 Å². The Bertz CT molecular complexity index is 1540. The summed E-state index contributed by atoms with van der Waals surface area (Å²) in [5, 5.41) is 15.6. The minimum Gasteiger partial charge on any atom is -0.462 e. The Morgan fingerprint density at radius 3 is 2.66 bits per heavy atom. The highest BCUT2D eigenvalue weighted by Crippen LogP contribution is 2.36. The summed E-state index contributed by atoms with van der Waals surface area (Å²) < 4.78 is 7.24. The third kappa shape index (κ3) is 4.52. The lowest BCUT2D eigenvalue weighted by Gasteiger charge is -2.09. The number of pyridine rings is 1. The van der Waals surface area contributed by atoms with Crippen LogP contribution >= 0.6 is 23.1 Å². The van der Waals surface area contributed by atoms with Crippen LogP contribution in [0.4, 0.5) is 5.00 Å². The Morgan fingerprint density at radius 2 is 1.86 bits per heavy atom. The smallest absolute Gasteiger partial charge is 0.341 e. The van der Waals surface area contributed by atoms with E-state index >= 15 is 0 Å². The highest BCUT2D eigenvalue weighted by Gasteiger charge is 2.23. The van der Waals surface area contributed by atoms with Crippen LogP contribution in [0.2, 0.25) is 0 Å². The van der Waals surface area contributed by atoms with Crippen LogP contribution in [0.15, 0.2) is 71.2 Å². The third-order valence-corrected chi connectivity index (χ3v) is 7.34. The molecule has 0 saturated heterocycles. The van der Waals surface area contributed by atoms with Crippen LogP contribution in [-0.2, 0) is 9.53 Å². The first kappa shape index (κ1) is 23.1. The number of amides is 1. The molecule has 0 bridgehead atoms. The van der Waals surface area contributed by atoms with Gasteiger partial charge >= 0.3 is 5.97 Å². The Balaban J connectivity index is 1.39. The summed E-state index contributed by atoms with van der Waals surface area (Å²) in [6.45, 7) is 4.05. The maximum atomic E-state index is 12.9. The number of nitrogens with zero attached hydrogens (tertiary/aromatic N) is 3. The molecule has 0 aliphatic rings. The lowest BCUT2D eigenvalue weighted by atomic mass is 10.0. The number of fused-ring (bicyclic) bond motifs is 3. The zero-order chi connectivity index (χ0) is 24.4. The SMILES string of the molecule is CCOC(=O)c1c(-c2ccccc2)csc1NC(=O)CSc1nnc2cc(C)c3ccccc3n12. The highest BCUT2D eigenvalue weighted by atomic mass is 32.2. The number of aromatic nitrogens is 3. The van der Waals surface area contributed by atoms with E-state index in [1.165, 1.54) is 23.1 Å². The number of hydrogen-bond donors (Lipinski definition) is 1. The molecule has 0 fully saturated rings. The lowest BCUT2D eigenvalue weighted by Crippen LogP contribution is -2.16. The molecule has 0 saturated carbocycles. The number of carbonyl (C=O) groups is 2. The number of anilines is 1. The van der Waals surface area contributed by atoms with E-state index < -0.39 is 5.97 Å². The Morgan fingerprint density at radius 1 is 1.09 bits per heavy atom. The van der Waals surface area contributed by atoms with Gasteiger partial charge in [0.2, 0.25) is 5.91 Å². The van der Waals surface area contributed by atoms with Gasteiger partial charge in [-0.05, 0) is 37.1 Å². The van der Waals surface area contributed by atoms with E-state index in [-0.39, 0.29) is 18.3 Å². The quantitative estimate of drug-likeness (QED) is 0.223. The molecular formula is C26H22N4O3S2. The average Bonchev–Trinajstić information content (AvgIpc) is 3.48. The molecule has 5 rings (SSSR count). The van der Waals surface area contributed by atoms with Crippen LogP contribution in [0.3, 0.4) is 0 Å². The minimum atomic E-state index is -0.458. The predicted molar refractivity (Wildman–Crippen MR) is 140 cm³/mol. The monoisotopic (exact) mass is 502 g/mol. The molecule has 2 aromatic carbocycles. The zero-order valence-electron chi connectivity index (χ0n) is 19.1. The van der Waals surface area contributed by atoms with Gasteiger partial charge in [-0.25, -0.2) is 4.79 Å². The van der Waals surface area contributed by atoms with Gasteiger partial charge < -0.3 is 10.1 Å². The predicted octanol–water partition coefficient (Wildman–Crippen LogP) is 5.83. The van der Waals surface area contributed by atoms with Gasteiger partial charge in [0.05, 0.1) is 17.9 Å². The van der Waals surface area contributed by atoms with Crippen molar-refractivity contribution in [1.82, 2.24) is 14.6 Å². The zero-order valence-corrected chi connectivity index (χ0v) is 20.8. The van der Waals surface area contributed by atoms with Crippen molar-refractivity contribution in [3.63, 3.8) is 0 Å². The van der Waals surface area contributed by atoms with E-state index in [2.05, 4.69) is 21.6 Å². The van der Waals surface area contributed by atoms with Gasteiger partial charge in [-0.3, -0.25) is 9.20 Å². The molecule has 9 heteroatoms. The van der Waals surface area contributed by atoms with Crippen LogP contribution in [-0.4, -0.2) is 38.8 Å². The maximum absolute atomic E-state index is 12.9. The number of benzene rings is 2. The van der Waals surface area contributed by atoms with Gasteiger partial charge in [0.1, 0.15) is 10.6 Å². The van der Waals surface area contributed by atoms with E-state index in [0.29, 0.717) is 15.7 Å². The van der Waals surface area contributed by atoms with Gasteiger partial charge in [-0.1, -0.05) is 60.3 Å². The standard InChI is InChI=1S/C26H22N4O3S2/c1-3-33-25(32)23-19(17-9-5-4-6-10-17)14-34-24(23)27-22(31)15-35-26-29-28-21-13-16(2)18-11-7-8-12-20(18)30(21)26/h4-14H,3,15H2,1-2H3,(H,27,31). The first-order valence-electron chi connectivity index (χ1n) is 11.1. The van der Waals surface area contributed by atoms with Crippen LogP contribution in [0.5, 0.6) is 0 Å². The molecule has 176 valence electrons. The van der Waals surface area contributed by atoms with Crippen LogP contribution in [0, 0.1) is 6.92 Å².